The van der Waals surface area contributed by atoms with Gasteiger partial charge in [0.25, 0.3) is 0 Å². The number of hydrogen-bond acceptors (Lipinski definition) is 5. The lowest BCUT2D eigenvalue weighted by atomic mass is 9.93. The van der Waals surface area contributed by atoms with E-state index in [0.717, 1.165) is 32.1 Å². The van der Waals surface area contributed by atoms with E-state index in [1.165, 1.54) is 17.0 Å². The zero-order valence-corrected chi connectivity index (χ0v) is 23.0. The van der Waals surface area contributed by atoms with Crippen molar-refractivity contribution in [3.63, 3.8) is 0 Å². The van der Waals surface area contributed by atoms with Crippen LogP contribution in [0, 0.1) is 5.92 Å². The SMILES string of the molecule is CCC(C)C(NC(=O)OC(C)(C)C)C(=O)N(C(C)C)C(C(=O)NC1CCCCC1)c1cccc(O)c1. The van der Waals surface area contributed by atoms with Crippen molar-refractivity contribution in [1.29, 1.82) is 0 Å². The summed E-state index contributed by atoms with van der Waals surface area (Å²) in [6.07, 6.45) is 5.06. The first-order valence-corrected chi connectivity index (χ1v) is 13.2. The van der Waals surface area contributed by atoms with Gasteiger partial charge >= 0.3 is 6.09 Å². The minimum atomic E-state index is -0.960. The van der Waals surface area contributed by atoms with Gasteiger partial charge in [0, 0.05) is 12.1 Å². The number of nitrogens with zero attached hydrogens (tertiary/aromatic N) is 1. The van der Waals surface area contributed by atoms with Crippen molar-refractivity contribution in [3.05, 3.63) is 29.8 Å². The van der Waals surface area contributed by atoms with Crippen molar-refractivity contribution in [2.45, 2.75) is 117 Å². The molecule has 0 aromatic heterocycles. The van der Waals surface area contributed by atoms with Gasteiger partial charge in [0.1, 0.15) is 23.4 Å². The highest BCUT2D eigenvalue weighted by molar-refractivity contribution is 5.92. The lowest BCUT2D eigenvalue weighted by Gasteiger charge is -2.39. The molecular formula is C28H45N3O5. The number of hydrogen-bond donors (Lipinski definition) is 3. The molecule has 0 saturated heterocycles. The Labute approximate surface area is 216 Å². The van der Waals surface area contributed by atoms with Gasteiger partial charge in [-0.2, -0.15) is 0 Å². The number of amides is 3. The maximum absolute atomic E-state index is 14.1. The standard InChI is InChI=1S/C28H45N3O5/c1-8-19(4)23(30-27(35)36-28(5,6)7)26(34)31(18(2)3)24(20-13-12-16-22(32)17-20)25(33)29-21-14-10-9-11-15-21/h12-13,16-19,21,23-24,32H,8-11,14-15H2,1-7H3,(H,29,33)(H,30,35). The van der Waals surface area contributed by atoms with Gasteiger partial charge in [0.2, 0.25) is 11.8 Å². The van der Waals surface area contributed by atoms with E-state index in [2.05, 4.69) is 10.6 Å². The van der Waals surface area contributed by atoms with E-state index < -0.39 is 23.8 Å². The molecule has 2 rings (SSSR count). The largest absolute Gasteiger partial charge is 0.508 e. The van der Waals surface area contributed by atoms with Crippen LogP contribution in [0.2, 0.25) is 0 Å². The summed E-state index contributed by atoms with van der Waals surface area (Å²) < 4.78 is 5.43. The molecule has 1 aliphatic carbocycles. The third-order valence-electron chi connectivity index (χ3n) is 6.63. The van der Waals surface area contributed by atoms with Gasteiger partial charge in [0.05, 0.1) is 0 Å². The molecule has 3 unspecified atom stereocenters. The van der Waals surface area contributed by atoms with Gasteiger partial charge in [-0.05, 0) is 71.1 Å². The first-order valence-electron chi connectivity index (χ1n) is 13.2. The Kier molecular flexibility index (Phi) is 10.6. The molecule has 0 radical (unpaired) electrons. The Balaban J connectivity index is 2.45. The molecule has 202 valence electrons. The molecule has 0 spiro atoms. The van der Waals surface area contributed by atoms with Crippen LogP contribution in [0.25, 0.3) is 0 Å². The average molecular weight is 504 g/mol. The fraction of sp³-hybridized carbons (Fsp3) is 0.679. The van der Waals surface area contributed by atoms with Gasteiger partial charge in [-0.1, -0.05) is 51.7 Å². The van der Waals surface area contributed by atoms with Crippen LogP contribution >= 0.6 is 0 Å². The van der Waals surface area contributed by atoms with E-state index in [-0.39, 0.29) is 35.6 Å². The zero-order valence-electron chi connectivity index (χ0n) is 23.0. The highest BCUT2D eigenvalue weighted by Crippen LogP contribution is 2.29. The second kappa shape index (κ2) is 13.0. The quantitative estimate of drug-likeness (QED) is 0.437. The van der Waals surface area contributed by atoms with Crippen LogP contribution in [-0.2, 0) is 14.3 Å². The summed E-state index contributed by atoms with van der Waals surface area (Å²) in [4.78, 5) is 42.0. The fourth-order valence-electron chi connectivity index (χ4n) is 4.62. The van der Waals surface area contributed by atoms with Crippen LogP contribution < -0.4 is 10.6 Å². The summed E-state index contributed by atoms with van der Waals surface area (Å²) in [7, 11) is 0. The van der Waals surface area contributed by atoms with Gasteiger partial charge in [0.15, 0.2) is 0 Å². The number of phenolic OH excluding ortho intramolecular Hbond substituents is 1. The second-order valence-corrected chi connectivity index (χ2v) is 11.2. The molecule has 0 heterocycles. The minimum absolute atomic E-state index is 0.0180. The molecule has 36 heavy (non-hydrogen) atoms. The average Bonchev–Trinajstić information content (AvgIpc) is 2.79. The van der Waals surface area contributed by atoms with Crippen LogP contribution in [0.4, 0.5) is 4.79 Å². The topological polar surface area (TPSA) is 108 Å². The monoisotopic (exact) mass is 503 g/mol. The molecular weight excluding hydrogens is 458 g/mol. The Bertz CT molecular complexity index is 889. The minimum Gasteiger partial charge on any atom is -0.508 e. The first kappa shape index (κ1) is 29.5. The molecule has 8 heteroatoms. The van der Waals surface area contributed by atoms with Crippen LogP contribution in [0.1, 0.15) is 98.6 Å². The smallest absolute Gasteiger partial charge is 0.408 e. The van der Waals surface area contributed by atoms with Crippen molar-refractivity contribution in [3.8, 4) is 5.75 Å². The molecule has 0 bridgehead atoms. The lowest BCUT2D eigenvalue weighted by Crippen LogP contribution is -2.57. The molecule has 1 fully saturated rings. The van der Waals surface area contributed by atoms with Crippen molar-refractivity contribution in [2.75, 3.05) is 0 Å². The maximum Gasteiger partial charge on any atom is 0.408 e. The molecule has 1 aromatic rings. The normalized spacial score (nSPS) is 17.1. The number of nitrogens with one attached hydrogen (secondary N) is 2. The third-order valence-corrected chi connectivity index (χ3v) is 6.63. The number of aromatic hydroxyl groups is 1. The van der Waals surface area contributed by atoms with E-state index in [4.69, 9.17) is 4.74 Å². The van der Waals surface area contributed by atoms with Crippen molar-refractivity contribution >= 4 is 17.9 Å². The summed E-state index contributed by atoms with van der Waals surface area (Å²) in [6, 6.07) is 4.33. The zero-order chi connectivity index (χ0) is 27.0. The van der Waals surface area contributed by atoms with Crippen molar-refractivity contribution in [2.24, 2.45) is 5.92 Å². The Hall–Kier alpha value is -2.77. The summed E-state index contributed by atoms with van der Waals surface area (Å²) in [5, 5.41) is 16.1. The fourth-order valence-corrected chi connectivity index (χ4v) is 4.62. The summed E-state index contributed by atoms with van der Waals surface area (Å²) in [5.74, 6) is -0.825. The highest BCUT2D eigenvalue weighted by Gasteiger charge is 2.40. The molecule has 0 aliphatic heterocycles. The van der Waals surface area contributed by atoms with E-state index in [0.29, 0.717) is 12.0 Å². The number of ether oxygens (including phenoxy) is 1. The van der Waals surface area contributed by atoms with Crippen LogP contribution in [0.15, 0.2) is 24.3 Å². The molecule has 3 amide bonds. The number of rotatable bonds is 9. The summed E-state index contributed by atoms with van der Waals surface area (Å²) in [5.41, 5.74) is -0.194. The predicted molar refractivity (Wildman–Crippen MR) is 140 cm³/mol. The van der Waals surface area contributed by atoms with E-state index in [9.17, 15) is 19.5 Å². The van der Waals surface area contributed by atoms with E-state index >= 15 is 0 Å². The van der Waals surface area contributed by atoms with Gasteiger partial charge in [-0.25, -0.2) is 4.79 Å². The molecule has 1 saturated carbocycles. The summed E-state index contributed by atoms with van der Waals surface area (Å²) >= 11 is 0. The molecule has 1 aromatic carbocycles. The molecule has 1 aliphatic rings. The molecule has 8 nitrogen and oxygen atoms in total. The number of carbonyl (C=O) groups excluding carboxylic acids is 3. The lowest BCUT2D eigenvalue weighted by molar-refractivity contribution is -0.146. The van der Waals surface area contributed by atoms with Crippen LogP contribution in [0.5, 0.6) is 5.75 Å². The van der Waals surface area contributed by atoms with Crippen molar-refractivity contribution < 1.29 is 24.2 Å². The number of alkyl carbamates (subject to hydrolysis) is 1. The van der Waals surface area contributed by atoms with Crippen LogP contribution in [0.3, 0.4) is 0 Å². The van der Waals surface area contributed by atoms with E-state index in [1.807, 2.05) is 27.7 Å². The number of benzene rings is 1. The van der Waals surface area contributed by atoms with Crippen molar-refractivity contribution in [1.82, 2.24) is 15.5 Å². The van der Waals surface area contributed by atoms with Gasteiger partial charge in [-0.15, -0.1) is 0 Å². The van der Waals surface area contributed by atoms with Gasteiger partial charge < -0.3 is 25.4 Å². The number of phenols is 1. The molecule has 3 atom stereocenters. The first-order chi connectivity index (χ1) is 16.8. The number of carbonyl (C=O) groups is 3. The van der Waals surface area contributed by atoms with E-state index in [1.54, 1.807) is 32.9 Å². The predicted octanol–water partition coefficient (Wildman–Crippen LogP) is 5.06. The summed E-state index contributed by atoms with van der Waals surface area (Å²) in [6.45, 7) is 12.8. The highest BCUT2D eigenvalue weighted by atomic mass is 16.6. The van der Waals surface area contributed by atoms with Gasteiger partial charge in [-0.3, -0.25) is 9.59 Å². The van der Waals surface area contributed by atoms with Crippen LogP contribution in [-0.4, -0.2) is 51.6 Å². The third kappa shape index (κ3) is 8.42. The molecule has 3 N–H and O–H groups in total. The Morgan fingerprint density at radius 1 is 1.11 bits per heavy atom. The second-order valence-electron chi connectivity index (χ2n) is 11.2. The Morgan fingerprint density at radius 2 is 1.75 bits per heavy atom. The Morgan fingerprint density at radius 3 is 2.28 bits per heavy atom. The maximum atomic E-state index is 14.1.